The predicted molar refractivity (Wildman–Crippen MR) is 52.3 cm³/mol. The molecule has 3 heteroatoms. The van der Waals surface area contributed by atoms with Gasteiger partial charge in [0.2, 0.25) is 0 Å². The number of aromatic nitrogens is 1. The summed E-state index contributed by atoms with van der Waals surface area (Å²) in [7, 11) is 0. The summed E-state index contributed by atoms with van der Waals surface area (Å²) in [6.07, 6.45) is 3.55. The average molecular weight is 180 g/mol. The van der Waals surface area contributed by atoms with Gasteiger partial charge in [0, 0.05) is 24.5 Å². The smallest absolute Gasteiger partial charge is 0.0582 e. The first-order valence-corrected chi connectivity index (χ1v) is 4.51. The average Bonchev–Trinajstić information content (AvgIpc) is 2.19. The topological polar surface area (TPSA) is 45.1 Å². The highest BCUT2D eigenvalue weighted by Crippen LogP contribution is 2.10. The molecule has 0 aromatic carbocycles. The van der Waals surface area contributed by atoms with Crippen LogP contribution in [0, 0.1) is 0 Å². The Hall–Kier alpha value is -0.930. The second kappa shape index (κ2) is 4.94. The number of nitrogens with one attached hydrogen (secondary N) is 1. The van der Waals surface area contributed by atoms with E-state index >= 15 is 0 Å². The van der Waals surface area contributed by atoms with E-state index in [2.05, 4.69) is 17.2 Å². The van der Waals surface area contributed by atoms with E-state index in [1.165, 1.54) is 5.56 Å². The quantitative estimate of drug-likeness (QED) is 0.729. The zero-order chi connectivity index (χ0) is 9.68. The van der Waals surface area contributed by atoms with Crippen LogP contribution in [0.4, 0.5) is 0 Å². The molecule has 0 fully saturated rings. The van der Waals surface area contributed by atoms with Crippen LogP contribution in [0.25, 0.3) is 0 Å². The minimum Gasteiger partial charge on any atom is -0.395 e. The monoisotopic (exact) mass is 180 g/mol. The molecule has 1 heterocycles. The molecule has 1 aromatic heterocycles. The van der Waals surface area contributed by atoms with Gasteiger partial charge in [-0.15, -0.1) is 0 Å². The van der Waals surface area contributed by atoms with E-state index in [1.807, 2.05) is 19.1 Å². The van der Waals surface area contributed by atoms with Crippen molar-refractivity contribution in [1.29, 1.82) is 0 Å². The molecule has 0 saturated carbocycles. The second-order valence-electron chi connectivity index (χ2n) is 3.25. The third kappa shape index (κ3) is 3.13. The van der Waals surface area contributed by atoms with Crippen molar-refractivity contribution < 1.29 is 5.11 Å². The molecule has 0 radical (unpaired) electrons. The molecule has 1 unspecified atom stereocenters. The van der Waals surface area contributed by atoms with Crippen molar-refractivity contribution in [3.05, 3.63) is 30.1 Å². The molecule has 2 atom stereocenters. The van der Waals surface area contributed by atoms with Crippen molar-refractivity contribution in [2.24, 2.45) is 0 Å². The Morgan fingerprint density at radius 2 is 2.00 bits per heavy atom. The zero-order valence-electron chi connectivity index (χ0n) is 8.07. The van der Waals surface area contributed by atoms with E-state index < -0.39 is 0 Å². The molecule has 0 amide bonds. The molecule has 72 valence electrons. The highest BCUT2D eigenvalue weighted by molar-refractivity contribution is 5.13. The Morgan fingerprint density at radius 1 is 1.38 bits per heavy atom. The molecule has 0 aliphatic heterocycles. The molecule has 0 saturated heterocycles. The van der Waals surface area contributed by atoms with Crippen LogP contribution in [-0.4, -0.2) is 22.7 Å². The van der Waals surface area contributed by atoms with E-state index in [4.69, 9.17) is 5.11 Å². The molecule has 2 N–H and O–H groups in total. The minimum absolute atomic E-state index is 0.128. The van der Waals surface area contributed by atoms with Gasteiger partial charge in [-0.05, 0) is 31.5 Å². The standard InChI is InChI=1S/C10H16N2O/c1-8(7-13)12-9(2)10-3-5-11-6-4-10/h3-6,8-9,12-13H,7H2,1-2H3/t8-,9?/m1/s1. The summed E-state index contributed by atoms with van der Waals surface area (Å²) in [6, 6.07) is 4.33. The summed E-state index contributed by atoms with van der Waals surface area (Å²) >= 11 is 0. The minimum atomic E-state index is 0.128. The lowest BCUT2D eigenvalue weighted by Crippen LogP contribution is -2.31. The molecule has 3 nitrogen and oxygen atoms in total. The maximum Gasteiger partial charge on any atom is 0.0582 e. The summed E-state index contributed by atoms with van der Waals surface area (Å²) in [5.74, 6) is 0. The van der Waals surface area contributed by atoms with E-state index in [0.29, 0.717) is 0 Å². The summed E-state index contributed by atoms with van der Waals surface area (Å²) in [5, 5.41) is 12.1. The van der Waals surface area contributed by atoms with Crippen LogP contribution in [0.15, 0.2) is 24.5 Å². The second-order valence-corrected chi connectivity index (χ2v) is 3.25. The van der Waals surface area contributed by atoms with Crippen LogP contribution in [0.1, 0.15) is 25.5 Å². The number of aliphatic hydroxyl groups is 1. The van der Waals surface area contributed by atoms with Gasteiger partial charge in [-0.2, -0.15) is 0 Å². The number of nitrogens with zero attached hydrogens (tertiary/aromatic N) is 1. The first kappa shape index (κ1) is 10.2. The fraction of sp³-hybridized carbons (Fsp3) is 0.500. The van der Waals surface area contributed by atoms with Gasteiger partial charge in [-0.1, -0.05) is 0 Å². The lowest BCUT2D eigenvalue weighted by atomic mass is 10.1. The van der Waals surface area contributed by atoms with Crippen LogP contribution in [0.5, 0.6) is 0 Å². The van der Waals surface area contributed by atoms with Crippen molar-refractivity contribution in [2.45, 2.75) is 25.9 Å². The van der Waals surface area contributed by atoms with Crippen LogP contribution in [-0.2, 0) is 0 Å². The van der Waals surface area contributed by atoms with Gasteiger partial charge in [0.15, 0.2) is 0 Å². The third-order valence-electron chi connectivity index (χ3n) is 2.01. The van der Waals surface area contributed by atoms with Crippen molar-refractivity contribution in [1.82, 2.24) is 10.3 Å². The van der Waals surface area contributed by atoms with Crippen LogP contribution < -0.4 is 5.32 Å². The van der Waals surface area contributed by atoms with Crippen molar-refractivity contribution in [3.8, 4) is 0 Å². The Bertz CT molecular complexity index is 238. The van der Waals surface area contributed by atoms with Crippen LogP contribution >= 0.6 is 0 Å². The fourth-order valence-electron chi connectivity index (χ4n) is 1.23. The van der Waals surface area contributed by atoms with Crippen molar-refractivity contribution in [2.75, 3.05) is 6.61 Å². The number of rotatable bonds is 4. The van der Waals surface area contributed by atoms with Crippen LogP contribution in [0.2, 0.25) is 0 Å². The van der Waals surface area contributed by atoms with E-state index in [9.17, 15) is 0 Å². The molecule has 1 aromatic rings. The Morgan fingerprint density at radius 3 is 2.54 bits per heavy atom. The van der Waals surface area contributed by atoms with E-state index in [-0.39, 0.29) is 18.7 Å². The van der Waals surface area contributed by atoms with Gasteiger partial charge in [0.1, 0.15) is 0 Å². The number of pyridine rings is 1. The summed E-state index contributed by atoms with van der Waals surface area (Å²) < 4.78 is 0. The summed E-state index contributed by atoms with van der Waals surface area (Å²) in [6.45, 7) is 4.19. The number of aliphatic hydroxyl groups excluding tert-OH is 1. The lowest BCUT2D eigenvalue weighted by Gasteiger charge is -2.18. The zero-order valence-corrected chi connectivity index (χ0v) is 8.07. The fourth-order valence-corrected chi connectivity index (χ4v) is 1.23. The number of hydrogen-bond donors (Lipinski definition) is 2. The first-order valence-electron chi connectivity index (χ1n) is 4.51. The van der Waals surface area contributed by atoms with Gasteiger partial charge in [0.05, 0.1) is 6.61 Å². The normalized spacial score (nSPS) is 15.3. The van der Waals surface area contributed by atoms with E-state index in [1.54, 1.807) is 12.4 Å². The van der Waals surface area contributed by atoms with Gasteiger partial charge in [0.25, 0.3) is 0 Å². The van der Waals surface area contributed by atoms with Gasteiger partial charge < -0.3 is 10.4 Å². The van der Waals surface area contributed by atoms with E-state index in [0.717, 1.165) is 0 Å². The Balaban J connectivity index is 2.53. The molecule has 0 aliphatic rings. The third-order valence-corrected chi connectivity index (χ3v) is 2.01. The molecule has 13 heavy (non-hydrogen) atoms. The maximum absolute atomic E-state index is 8.86. The van der Waals surface area contributed by atoms with Gasteiger partial charge >= 0.3 is 0 Å². The first-order chi connectivity index (χ1) is 6.24. The number of hydrogen-bond acceptors (Lipinski definition) is 3. The van der Waals surface area contributed by atoms with Gasteiger partial charge in [-0.25, -0.2) is 0 Å². The Kier molecular flexibility index (Phi) is 3.86. The highest BCUT2D eigenvalue weighted by Gasteiger charge is 2.07. The van der Waals surface area contributed by atoms with Crippen LogP contribution in [0.3, 0.4) is 0 Å². The molecule has 0 bridgehead atoms. The SMILES string of the molecule is CC(N[C@H](C)CO)c1ccncc1. The summed E-state index contributed by atoms with van der Waals surface area (Å²) in [5.41, 5.74) is 1.19. The molecule has 1 rings (SSSR count). The summed E-state index contributed by atoms with van der Waals surface area (Å²) in [4.78, 5) is 3.95. The lowest BCUT2D eigenvalue weighted by molar-refractivity contribution is 0.243. The Labute approximate surface area is 78.8 Å². The molecular weight excluding hydrogens is 164 g/mol. The van der Waals surface area contributed by atoms with Crippen molar-refractivity contribution in [3.63, 3.8) is 0 Å². The maximum atomic E-state index is 8.86. The molecule has 0 aliphatic carbocycles. The largest absolute Gasteiger partial charge is 0.395 e. The van der Waals surface area contributed by atoms with Gasteiger partial charge in [-0.3, -0.25) is 4.98 Å². The highest BCUT2D eigenvalue weighted by atomic mass is 16.3. The molecular formula is C10H16N2O. The molecule has 0 spiro atoms. The van der Waals surface area contributed by atoms with Crippen molar-refractivity contribution >= 4 is 0 Å². The predicted octanol–water partition coefficient (Wildman–Crippen LogP) is 1.11.